The predicted octanol–water partition coefficient (Wildman–Crippen LogP) is 3.36. The maximum absolute atomic E-state index is 5.67. The molecule has 0 bridgehead atoms. The summed E-state index contributed by atoms with van der Waals surface area (Å²) in [6.45, 7) is 1.02. The van der Waals surface area contributed by atoms with Gasteiger partial charge in [-0.1, -0.05) is 29.1 Å². The minimum Gasteiger partial charge on any atom is -0.384 e. The number of fused-ring (bicyclic) bond motifs is 1. The Bertz CT molecular complexity index is 765. The second kappa shape index (κ2) is 4.98. The molecule has 4 heteroatoms. The average Bonchev–Trinajstić information content (AvgIpc) is 3.16. The number of aromatic nitrogens is 2. The van der Waals surface area contributed by atoms with Crippen LogP contribution >= 0.6 is 0 Å². The topological polar surface area (TPSA) is 39.1 Å². The normalized spacial score (nSPS) is 12.8. The third-order valence-electron chi connectivity index (χ3n) is 3.65. The number of benzene rings is 2. The molecule has 4 rings (SSSR count). The van der Waals surface area contributed by atoms with Crippen molar-refractivity contribution in [2.45, 2.75) is 6.42 Å². The standard InChI is InChI=1S/C17H15N3O/c1-2-4-16(5-3-1)21-20-12-15(11-19-20)13-6-7-17-14(10-13)8-9-18-17/h1-7,10-12,18H,8-9H2. The maximum Gasteiger partial charge on any atom is 0.157 e. The molecule has 0 unspecified atom stereocenters. The lowest BCUT2D eigenvalue weighted by Crippen LogP contribution is -2.04. The molecule has 0 amide bonds. The van der Waals surface area contributed by atoms with Crippen molar-refractivity contribution >= 4 is 5.69 Å². The van der Waals surface area contributed by atoms with E-state index in [1.54, 1.807) is 0 Å². The number of anilines is 1. The molecule has 1 aliphatic heterocycles. The van der Waals surface area contributed by atoms with Crippen molar-refractivity contribution < 1.29 is 4.84 Å². The van der Waals surface area contributed by atoms with Crippen LogP contribution in [0.4, 0.5) is 5.69 Å². The summed E-state index contributed by atoms with van der Waals surface area (Å²) in [5.41, 5.74) is 4.83. The van der Waals surface area contributed by atoms with Gasteiger partial charge in [0.1, 0.15) is 0 Å². The van der Waals surface area contributed by atoms with Gasteiger partial charge in [0, 0.05) is 17.8 Å². The van der Waals surface area contributed by atoms with Gasteiger partial charge >= 0.3 is 0 Å². The molecule has 1 aromatic heterocycles. The fraction of sp³-hybridized carbons (Fsp3) is 0.118. The van der Waals surface area contributed by atoms with E-state index in [-0.39, 0.29) is 0 Å². The van der Waals surface area contributed by atoms with E-state index >= 15 is 0 Å². The fourth-order valence-corrected chi connectivity index (χ4v) is 2.58. The first kappa shape index (κ1) is 12.0. The molecule has 3 aromatic rings. The van der Waals surface area contributed by atoms with Gasteiger partial charge in [0.05, 0.1) is 12.4 Å². The van der Waals surface area contributed by atoms with Crippen molar-refractivity contribution in [3.05, 3.63) is 66.5 Å². The lowest BCUT2D eigenvalue weighted by Gasteiger charge is -2.04. The molecule has 0 spiro atoms. The Hall–Kier alpha value is -2.75. The molecule has 0 atom stereocenters. The molecule has 104 valence electrons. The van der Waals surface area contributed by atoms with E-state index in [1.165, 1.54) is 21.7 Å². The molecule has 2 aromatic carbocycles. The third kappa shape index (κ3) is 2.36. The Balaban J connectivity index is 1.59. The predicted molar refractivity (Wildman–Crippen MR) is 82.3 cm³/mol. The second-order valence-corrected chi connectivity index (χ2v) is 5.08. The van der Waals surface area contributed by atoms with Gasteiger partial charge in [-0.2, -0.15) is 0 Å². The Kier molecular flexibility index (Phi) is 2.85. The van der Waals surface area contributed by atoms with E-state index in [2.05, 4.69) is 28.6 Å². The highest BCUT2D eigenvalue weighted by atomic mass is 16.7. The van der Waals surface area contributed by atoms with Crippen LogP contribution in [0.3, 0.4) is 0 Å². The van der Waals surface area contributed by atoms with E-state index in [1.807, 2.05) is 42.7 Å². The zero-order valence-electron chi connectivity index (χ0n) is 11.5. The average molecular weight is 277 g/mol. The molecular weight excluding hydrogens is 262 g/mol. The van der Waals surface area contributed by atoms with Crippen LogP contribution in [0.5, 0.6) is 5.75 Å². The van der Waals surface area contributed by atoms with E-state index in [9.17, 15) is 0 Å². The summed E-state index contributed by atoms with van der Waals surface area (Å²) in [6, 6.07) is 16.1. The van der Waals surface area contributed by atoms with Crippen molar-refractivity contribution in [3.63, 3.8) is 0 Å². The van der Waals surface area contributed by atoms with Crippen LogP contribution in [-0.2, 0) is 6.42 Å². The van der Waals surface area contributed by atoms with Crippen LogP contribution in [-0.4, -0.2) is 16.5 Å². The van der Waals surface area contributed by atoms with E-state index in [0.717, 1.165) is 24.3 Å². The van der Waals surface area contributed by atoms with E-state index in [0.29, 0.717) is 0 Å². The first-order valence-electron chi connectivity index (χ1n) is 7.04. The Morgan fingerprint density at radius 1 is 1.05 bits per heavy atom. The van der Waals surface area contributed by atoms with Gasteiger partial charge in [0.2, 0.25) is 0 Å². The molecule has 2 heterocycles. The fourth-order valence-electron chi connectivity index (χ4n) is 2.58. The lowest BCUT2D eigenvalue weighted by atomic mass is 10.0. The van der Waals surface area contributed by atoms with Crippen LogP contribution in [0.25, 0.3) is 11.1 Å². The molecule has 21 heavy (non-hydrogen) atoms. The zero-order valence-corrected chi connectivity index (χ0v) is 11.5. The minimum atomic E-state index is 0.769. The lowest BCUT2D eigenvalue weighted by molar-refractivity contribution is 0.179. The first-order valence-corrected chi connectivity index (χ1v) is 7.04. The highest BCUT2D eigenvalue weighted by molar-refractivity contribution is 5.69. The summed E-state index contributed by atoms with van der Waals surface area (Å²) < 4.78 is 0. The van der Waals surface area contributed by atoms with Gasteiger partial charge in [-0.15, -0.1) is 5.10 Å². The first-order chi connectivity index (χ1) is 10.4. The Labute approximate surface area is 122 Å². The van der Waals surface area contributed by atoms with Gasteiger partial charge in [0.25, 0.3) is 0 Å². The summed E-state index contributed by atoms with van der Waals surface area (Å²) in [6.07, 6.45) is 4.81. The highest BCUT2D eigenvalue weighted by Crippen LogP contribution is 2.28. The Morgan fingerprint density at radius 2 is 1.95 bits per heavy atom. The largest absolute Gasteiger partial charge is 0.384 e. The zero-order chi connectivity index (χ0) is 14.1. The smallest absolute Gasteiger partial charge is 0.157 e. The van der Waals surface area contributed by atoms with Crippen molar-refractivity contribution in [2.75, 3.05) is 11.9 Å². The van der Waals surface area contributed by atoms with Crippen molar-refractivity contribution in [1.82, 2.24) is 9.94 Å². The molecule has 0 fully saturated rings. The highest BCUT2D eigenvalue weighted by Gasteiger charge is 2.11. The molecule has 0 saturated heterocycles. The van der Waals surface area contributed by atoms with Crippen molar-refractivity contribution in [3.8, 4) is 16.9 Å². The number of rotatable bonds is 3. The molecule has 1 aliphatic rings. The SMILES string of the molecule is c1ccc(On2cc(-c3ccc4c(c3)CCN4)cn2)cc1. The molecular formula is C17H15N3O. The van der Waals surface area contributed by atoms with Crippen LogP contribution < -0.4 is 10.2 Å². The number of nitrogens with zero attached hydrogens (tertiary/aromatic N) is 2. The van der Waals surface area contributed by atoms with Crippen molar-refractivity contribution in [1.29, 1.82) is 0 Å². The van der Waals surface area contributed by atoms with Crippen LogP contribution in [0.2, 0.25) is 0 Å². The molecule has 0 radical (unpaired) electrons. The molecule has 1 N–H and O–H groups in total. The third-order valence-corrected chi connectivity index (χ3v) is 3.65. The molecule has 0 aliphatic carbocycles. The van der Waals surface area contributed by atoms with Gasteiger partial charge in [-0.25, -0.2) is 0 Å². The van der Waals surface area contributed by atoms with Crippen molar-refractivity contribution in [2.24, 2.45) is 0 Å². The summed E-state index contributed by atoms with van der Waals surface area (Å²) >= 11 is 0. The quantitative estimate of drug-likeness (QED) is 0.798. The molecule has 4 nitrogen and oxygen atoms in total. The van der Waals surface area contributed by atoms with Gasteiger partial charge in [-0.3, -0.25) is 0 Å². The second-order valence-electron chi connectivity index (χ2n) is 5.08. The maximum atomic E-state index is 5.67. The van der Waals surface area contributed by atoms with Crippen LogP contribution in [0, 0.1) is 0 Å². The van der Waals surface area contributed by atoms with Crippen LogP contribution in [0.1, 0.15) is 5.56 Å². The summed E-state index contributed by atoms with van der Waals surface area (Å²) in [5, 5.41) is 7.63. The number of hydrogen-bond acceptors (Lipinski definition) is 3. The summed E-state index contributed by atoms with van der Waals surface area (Å²) in [4.78, 5) is 7.16. The molecule has 0 saturated carbocycles. The van der Waals surface area contributed by atoms with Crippen LogP contribution in [0.15, 0.2) is 60.9 Å². The summed E-state index contributed by atoms with van der Waals surface area (Å²) in [7, 11) is 0. The van der Waals surface area contributed by atoms with E-state index in [4.69, 9.17) is 4.84 Å². The van der Waals surface area contributed by atoms with E-state index < -0.39 is 0 Å². The number of nitrogens with one attached hydrogen (secondary N) is 1. The van der Waals surface area contributed by atoms with Gasteiger partial charge < -0.3 is 10.2 Å². The minimum absolute atomic E-state index is 0.769. The number of para-hydroxylation sites is 1. The Morgan fingerprint density at radius 3 is 2.86 bits per heavy atom. The number of hydrogen-bond donors (Lipinski definition) is 1. The van der Waals surface area contributed by atoms with Gasteiger partial charge in [-0.05, 0) is 41.8 Å². The monoisotopic (exact) mass is 277 g/mol. The van der Waals surface area contributed by atoms with Gasteiger partial charge in [0.15, 0.2) is 5.75 Å². The summed E-state index contributed by atoms with van der Waals surface area (Å²) in [5.74, 6) is 0.769.